The van der Waals surface area contributed by atoms with Crippen LogP contribution < -0.4 is 4.74 Å². The van der Waals surface area contributed by atoms with Crippen molar-refractivity contribution in [2.24, 2.45) is 0 Å². The number of rotatable bonds is 6. The second kappa shape index (κ2) is 9.73. The molecule has 0 fully saturated rings. The Labute approximate surface area is 158 Å². The average molecular weight is 358 g/mol. The Kier molecular flexibility index (Phi) is 6.54. The number of esters is 1. The molecule has 0 radical (unpaired) electrons. The third-order valence-electron chi connectivity index (χ3n) is 3.60. The lowest BCUT2D eigenvalue weighted by molar-refractivity contribution is -0.142. The van der Waals surface area contributed by atoms with E-state index in [1.165, 1.54) is 6.33 Å². The molecule has 134 valence electrons. The number of aromatic nitrogens is 2. The molecule has 1 aromatic heterocycles. The van der Waals surface area contributed by atoms with Gasteiger partial charge in [-0.25, -0.2) is 9.97 Å². The van der Waals surface area contributed by atoms with Crippen LogP contribution in [0.3, 0.4) is 0 Å². The number of nitrogens with zero attached hydrogens (tertiary/aromatic N) is 2. The number of ether oxygens (including phenoxy) is 2. The van der Waals surface area contributed by atoms with Gasteiger partial charge in [0.05, 0.1) is 6.42 Å². The second-order valence-corrected chi connectivity index (χ2v) is 5.60. The summed E-state index contributed by atoms with van der Waals surface area (Å²) in [5.41, 5.74) is 1.64. The number of carbonyl (C=O) groups excluding carboxylic acids is 1. The van der Waals surface area contributed by atoms with Crippen molar-refractivity contribution in [1.82, 2.24) is 9.97 Å². The summed E-state index contributed by atoms with van der Waals surface area (Å²) in [6.07, 6.45) is 3.90. The zero-order valence-corrected chi connectivity index (χ0v) is 14.7. The Bertz CT molecular complexity index is 915. The Balaban J connectivity index is 1.42. The van der Waals surface area contributed by atoms with Gasteiger partial charge in [0.25, 0.3) is 0 Å². The van der Waals surface area contributed by atoms with Crippen LogP contribution in [0.5, 0.6) is 11.5 Å². The summed E-state index contributed by atoms with van der Waals surface area (Å²) in [5.74, 6) is 7.03. The number of hydrogen-bond donors (Lipinski definition) is 0. The van der Waals surface area contributed by atoms with Crippen LogP contribution in [0.1, 0.15) is 17.7 Å². The molecule has 3 aromatic rings. The van der Waals surface area contributed by atoms with Crippen molar-refractivity contribution in [2.45, 2.75) is 12.8 Å². The molecule has 0 amide bonds. The fourth-order valence-electron chi connectivity index (χ4n) is 2.25. The average Bonchev–Trinajstić information content (AvgIpc) is 2.72. The van der Waals surface area contributed by atoms with Crippen molar-refractivity contribution < 1.29 is 14.3 Å². The zero-order valence-electron chi connectivity index (χ0n) is 14.7. The highest BCUT2D eigenvalue weighted by atomic mass is 16.5. The predicted molar refractivity (Wildman–Crippen MR) is 101 cm³/mol. The van der Waals surface area contributed by atoms with Crippen molar-refractivity contribution in [3.05, 3.63) is 84.4 Å². The van der Waals surface area contributed by atoms with Crippen LogP contribution in [0.4, 0.5) is 0 Å². The quantitative estimate of drug-likeness (QED) is 0.495. The molecule has 0 saturated heterocycles. The van der Waals surface area contributed by atoms with E-state index in [0.29, 0.717) is 6.42 Å². The zero-order chi connectivity index (χ0) is 18.7. The van der Waals surface area contributed by atoms with Crippen LogP contribution in [0.2, 0.25) is 0 Å². The standard InChI is InChI=1S/C22H18N2O3/c25-22(13-10-19-14-15-23-17-24-19)26-16-4-5-18-8-11-21(12-9-18)27-20-6-2-1-3-7-20/h1-3,6-9,11-12,14-15,17H,10,13,16H2. The first-order chi connectivity index (χ1) is 13.3. The number of carbonyl (C=O) groups is 1. The van der Waals surface area contributed by atoms with Crippen LogP contribution >= 0.6 is 0 Å². The van der Waals surface area contributed by atoms with Crippen LogP contribution in [-0.2, 0) is 16.0 Å². The minimum atomic E-state index is -0.297. The van der Waals surface area contributed by atoms with Gasteiger partial charge in [0.2, 0.25) is 0 Å². The maximum Gasteiger partial charge on any atom is 0.307 e. The fraction of sp³-hybridized carbons (Fsp3) is 0.136. The monoisotopic (exact) mass is 358 g/mol. The van der Waals surface area contributed by atoms with Gasteiger partial charge in [0.1, 0.15) is 17.8 Å². The van der Waals surface area contributed by atoms with Crippen molar-refractivity contribution in [1.29, 1.82) is 0 Å². The van der Waals surface area contributed by atoms with Crippen LogP contribution in [0.15, 0.2) is 73.2 Å². The van der Waals surface area contributed by atoms with Gasteiger partial charge in [-0.2, -0.15) is 0 Å². The molecule has 3 rings (SSSR count). The molecule has 1 heterocycles. The lowest BCUT2D eigenvalue weighted by atomic mass is 10.2. The molecule has 2 aromatic carbocycles. The number of hydrogen-bond acceptors (Lipinski definition) is 5. The van der Waals surface area contributed by atoms with Gasteiger partial charge in [-0.1, -0.05) is 30.0 Å². The fourth-order valence-corrected chi connectivity index (χ4v) is 2.25. The molecule has 0 aliphatic heterocycles. The molecule has 0 unspecified atom stereocenters. The van der Waals surface area contributed by atoms with E-state index in [-0.39, 0.29) is 19.0 Å². The topological polar surface area (TPSA) is 61.3 Å². The van der Waals surface area contributed by atoms with E-state index in [9.17, 15) is 4.79 Å². The predicted octanol–water partition coefficient (Wildman–Crippen LogP) is 3.80. The maximum absolute atomic E-state index is 11.7. The molecule has 5 heteroatoms. The van der Waals surface area contributed by atoms with E-state index in [2.05, 4.69) is 21.8 Å². The van der Waals surface area contributed by atoms with Gasteiger partial charge < -0.3 is 9.47 Å². The minimum absolute atomic E-state index is 0.0604. The van der Waals surface area contributed by atoms with E-state index < -0.39 is 0 Å². The summed E-state index contributed by atoms with van der Waals surface area (Å²) in [7, 11) is 0. The summed E-state index contributed by atoms with van der Waals surface area (Å²) >= 11 is 0. The number of aryl methyl sites for hydroxylation is 1. The first kappa shape index (κ1) is 18.2. The van der Waals surface area contributed by atoms with Gasteiger partial charge in [-0.05, 0) is 42.5 Å². The van der Waals surface area contributed by atoms with Crippen molar-refractivity contribution in [3.8, 4) is 23.3 Å². The lowest BCUT2D eigenvalue weighted by Crippen LogP contribution is -2.06. The molecule has 0 spiro atoms. The van der Waals surface area contributed by atoms with E-state index in [1.54, 1.807) is 12.3 Å². The number of benzene rings is 2. The van der Waals surface area contributed by atoms with Crippen LogP contribution in [0, 0.1) is 11.8 Å². The van der Waals surface area contributed by atoms with E-state index in [4.69, 9.17) is 9.47 Å². The molecule has 0 bridgehead atoms. The first-order valence-electron chi connectivity index (χ1n) is 8.52. The molecule has 0 atom stereocenters. The Morgan fingerprint density at radius 2 is 1.74 bits per heavy atom. The van der Waals surface area contributed by atoms with Crippen molar-refractivity contribution >= 4 is 5.97 Å². The highest BCUT2D eigenvalue weighted by molar-refractivity contribution is 5.69. The van der Waals surface area contributed by atoms with Crippen LogP contribution in [0.25, 0.3) is 0 Å². The summed E-state index contributed by atoms with van der Waals surface area (Å²) in [5, 5.41) is 0. The number of para-hydroxylation sites is 1. The van der Waals surface area contributed by atoms with Gasteiger partial charge in [0, 0.05) is 23.9 Å². The summed E-state index contributed by atoms with van der Waals surface area (Å²) in [4.78, 5) is 19.6. The molecule has 5 nitrogen and oxygen atoms in total. The molecule has 27 heavy (non-hydrogen) atoms. The molecule has 0 aliphatic carbocycles. The summed E-state index contributed by atoms with van der Waals surface area (Å²) < 4.78 is 10.8. The van der Waals surface area contributed by atoms with E-state index >= 15 is 0 Å². The minimum Gasteiger partial charge on any atom is -0.457 e. The third kappa shape index (κ3) is 6.29. The highest BCUT2D eigenvalue weighted by Crippen LogP contribution is 2.20. The molecule has 0 N–H and O–H groups in total. The molecular weight excluding hydrogens is 340 g/mol. The van der Waals surface area contributed by atoms with E-state index in [1.807, 2.05) is 54.6 Å². The molecular formula is C22H18N2O3. The highest BCUT2D eigenvalue weighted by Gasteiger charge is 2.03. The van der Waals surface area contributed by atoms with Gasteiger partial charge >= 0.3 is 5.97 Å². The molecule has 0 saturated carbocycles. The SMILES string of the molecule is O=C(CCc1ccncn1)OCC#Cc1ccc(Oc2ccccc2)cc1. The van der Waals surface area contributed by atoms with Gasteiger partial charge in [-0.15, -0.1) is 0 Å². The molecule has 0 aliphatic rings. The van der Waals surface area contributed by atoms with Crippen LogP contribution in [-0.4, -0.2) is 22.5 Å². The second-order valence-electron chi connectivity index (χ2n) is 5.60. The smallest absolute Gasteiger partial charge is 0.307 e. The third-order valence-corrected chi connectivity index (χ3v) is 3.60. The Morgan fingerprint density at radius 3 is 2.48 bits per heavy atom. The maximum atomic E-state index is 11.7. The van der Waals surface area contributed by atoms with Gasteiger partial charge in [-0.3, -0.25) is 4.79 Å². The van der Waals surface area contributed by atoms with Crippen molar-refractivity contribution in [2.75, 3.05) is 6.61 Å². The van der Waals surface area contributed by atoms with Crippen molar-refractivity contribution in [3.63, 3.8) is 0 Å². The Hall–Kier alpha value is -3.65. The largest absolute Gasteiger partial charge is 0.457 e. The first-order valence-corrected chi connectivity index (χ1v) is 8.52. The van der Waals surface area contributed by atoms with E-state index in [0.717, 1.165) is 22.8 Å². The Morgan fingerprint density at radius 1 is 0.963 bits per heavy atom. The summed E-state index contributed by atoms with van der Waals surface area (Å²) in [6, 6.07) is 18.8. The normalized spacial score (nSPS) is 9.78. The lowest BCUT2D eigenvalue weighted by Gasteiger charge is -2.04. The summed E-state index contributed by atoms with van der Waals surface area (Å²) in [6.45, 7) is 0.0604. The van der Waals surface area contributed by atoms with Gasteiger partial charge in [0.15, 0.2) is 6.61 Å².